The molecule has 0 aromatic rings. The van der Waals surface area contributed by atoms with E-state index in [0.29, 0.717) is 12.1 Å². The fourth-order valence-electron chi connectivity index (χ4n) is 1.87. The molecule has 0 bridgehead atoms. The Morgan fingerprint density at radius 1 is 1.64 bits per heavy atom. The first kappa shape index (κ1) is 6.91. The molecule has 2 amide bonds. The molecule has 2 atom stereocenters. The minimum Gasteiger partial charge on any atom is -0.332 e. The van der Waals surface area contributed by atoms with Crippen molar-refractivity contribution in [1.82, 2.24) is 15.5 Å². The first-order chi connectivity index (χ1) is 5.29. The summed E-state index contributed by atoms with van der Waals surface area (Å²) in [5, 5.41) is 6.19. The molecule has 0 aromatic heterocycles. The number of fused-ring (bicyclic) bond motifs is 1. The molecule has 0 aromatic carbocycles. The minimum absolute atomic E-state index is 0.0729. The van der Waals surface area contributed by atoms with Crippen LogP contribution in [0.25, 0.3) is 0 Å². The van der Waals surface area contributed by atoms with Gasteiger partial charge in [0.1, 0.15) is 0 Å². The van der Waals surface area contributed by atoms with E-state index in [-0.39, 0.29) is 6.03 Å². The smallest absolute Gasteiger partial charge is 0.317 e. The Labute approximate surface area is 65.9 Å². The van der Waals surface area contributed by atoms with Crippen LogP contribution in [0.3, 0.4) is 0 Å². The molecule has 0 radical (unpaired) electrons. The lowest BCUT2D eigenvalue weighted by Gasteiger charge is -2.27. The lowest BCUT2D eigenvalue weighted by atomic mass is 10.0. The largest absolute Gasteiger partial charge is 0.332 e. The zero-order valence-electron chi connectivity index (χ0n) is 6.63. The summed E-state index contributed by atoms with van der Waals surface area (Å²) in [5.74, 6) is 0. The van der Waals surface area contributed by atoms with Gasteiger partial charge in [0.05, 0.1) is 12.1 Å². The van der Waals surface area contributed by atoms with E-state index in [1.165, 1.54) is 0 Å². The van der Waals surface area contributed by atoms with E-state index in [1.807, 2.05) is 11.9 Å². The van der Waals surface area contributed by atoms with Crippen molar-refractivity contribution in [2.75, 3.05) is 20.1 Å². The highest BCUT2D eigenvalue weighted by Crippen LogP contribution is 2.16. The molecule has 0 spiro atoms. The van der Waals surface area contributed by atoms with Gasteiger partial charge in [-0.1, -0.05) is 0 Å². The van der Waals surface area contributed by atoms with Gasteiger partial charge in [-0.3, -0.25) is 0 Å². The maximum atomic E-state index is 11.1. The summed E-state index contributed by atoms with van der Waals surface area (Å²) in [6.07, 6.45) is 1.07. The van der Waals surface area contributed by atoms with E-state index in [0.717, 1.165) is 19.5 Å². The second-order valence-electron chi connectivity index (χ2n) is 3.23. The summed E-state index contributed by atoms with van der Waals surface area (Å²) in [6, 6.07) is 0.827. The second kappa shape index (κ2) is 2.37. The highest BCUT2D eigenvalue weighted by molar-refractivity contribution is 5.77. The summed E-state index contributed by atoms with van der Waals surface area (Å²) in [4.78, 5) is 12.9. The fraction of sp³-hybridized carbons (Fsp3) is 0.857. The SMILES string of the molecule is CN1C(=O)N[C@H]2CNCC[C@H]21. The van der Waals surface area contributed by atoms with Gasteiger partial charge in [0.15, 0.2) is 0 Å². The number of nitrogens with zero attached hydrogens (tertiary/aromatic N) is 1. The van der Waals surface area contributed by atoms with Crippen LogP contribution in [0.5, 0.6) is 0 Å². The van der Waals surface area contributed by atoms with Crippen LogP contribution in [0.4, 0.5) is 4.79 Å². The molecule has 4 heteroatoms. The fourth-order valence-corrected chi connectivity index (χ4v) is 1.87. The summed E-state index contributed by atoms with van der Waals surface area (Å²) >= 11 is 0. The number of piperidine rings is 1. The number of amides is 2. The van der Waals surface area contributed by atoms with Crippen LogP contribution in [0.1, 0.15) is 6.42 Å². The summed E-state index contributed by atoms with van der Waals surface area (Å²) < 4.78 is 0. The standard InChI is InChI=1S/C7H13N3O/c1-10-6-2-3-8-4-5(6)9-7(10)11/h5-6,8H,2-4H2,1H3,(H,9,11)/t5-,6+/m0/s1. The van der Waals surface area contributed by atoms with Gasteiger partial charge in [-0.2, -0.15) is 0 Å². The Bertz CT molecular complexity index is 183. The van der Waals surface area contributed by atoms with Gasteiger partial charge < -0.3 is 15.5 Å². The Morgan fingerprint density at radius 3 is 3.18 bits per heavy atom. The van der Waals surface area contributed by atoms with Crippen molar-refractivity contribution >= 4 is 6.03 Å². The van der Waals surface area contributed by atoms with Gasteiger partial charge in [0, 0.05) is 13.6 Å². The number of likely N-dealkylation sites (N-methyl/N-ethyl adjacent to an activating group) is 1. The van der Waals surface area contributed by atoms with Crippen molar-refractivity contribution in [3.8, 4) is 0 Å². The van der Waals surface area contributed by atoms with E-state index in [2.05, 4.69) is 10.6 Å². The summed E-state index contributed by atoms with van der Waals surface area (Å²) in [7, 11) is 1.87. The van der Waals surface area contributed by atoms with Crippen molar-refractivity contribution in [2.45, 2.75) is 18.5 Å². The molecular weight excluding hydrogens is 142 g/mol. The van der Waals surface area contributed by atoms with E-state index < -0.39 is 0 Å². The van der Waals surface area contributed by atoms with Crippen molar-refractivity contribution < 1.29 is 4.79 Å². The third-order valence-electron chi connectivity index (χ3n) is 2.57. The number of rotatable bonds is 0. The molecule has 2 fully saturated rings. The zero-order chi connectivity index (χ0) is 7.84. The van der Waals surface area contributed by atoms with Crippen molar-refractivity contribution in [3.05, 3.63) is 0 Å². The maximum absolute atomic E-state index is 11.1. The van der Waals surface area contributed by atoms with Gasteiger partial charge in [0.25, 0.3) is 0 Å². The van der Waals surface area contributed by atoms with Gasteiger partial charge in [-0.15, -0.1) is 0 Å². The molecule has 2 saturated heterocycles. The Hall–Kier alpha value is -0.770. The highest BCUT2D eigenvalue weighted by Gasteiger charge is 2.37. The zero-order valence-corrected chi connectivity index (χ0v) is 6.63. The highest BCUT2D eigenvalue weighted by atomic mass is 16.2. The van der Waals surface area contributed by atoms with E-state index in [9.17, 15) is 4.79 Å². The lowest BCUT2D eigenvalue weighted by Crippen LogP contribution is -2.48. The predicted molar refractivity (Wildman–Crippen MR) is 41.4 cm³/mol. The number of urea groups is 1. The Morgan fingerprint density at radius 2 is 2.45 bits per heavy atom. The van der Waals surface area contributed by atoms with Crippen LogP contribution in [-0.4, -0.2) is 43.2 Å². The number of carbonyl (C=O) groups is 1. The average molecular weight is 155 g/mol. The molecule has 2 N–H and O–H groups in total. The molecule has 0 aliphatic carbocycles. The summed E-state index contributed by atoms with van der Waals surface area (Å²) in [5.41, 5.74) is 0. The quantitative estimate of drug-likeness (QED) is 0.489. The molecule has 62 valence electrons. The van der Waals surface area contributed by atoms with Gasteiger partial charge in [-0.05, 0) is 13.0 Å². The molecule has 0 unspecified atom stereocenters. The third-order valence-corrected chi connectivity index (χ3v) is 2.57. The third kappa shape index (κ3) is 0.976. The van der Waals surface area contributed by atoms with Gasteiger partial charge >= 0.3 is 6.03 Å². The lowest BCUT2D eigenvalue weighted by molar-refractivity contribution is 0.210. The Kier molecular flexibility index (Phi) is 1.49. The van der Waals surface area contributed by atoms with Crippen LogP contribution in [0, 0.1) is 0 Å². The predicted octanol–water partition coefficient (Wildman–Crippen LogP) is -0.628. The van der Waals surface area contributed by atoms with Crippen molar-refractivity contribution in [2.24, 2.45) is 0 Å². The van der Waals surface area contributed by atoms with Crippen LogP contribution in [-0.2, 0) is 0 Å². The molecule has 4 nitrogen and oxygen atoms in total. The molecular formula is C7H13N3O. The summed E-state index contributed by atoms with van der Waals surface area (Å²) in [6.45, 7) is 1.95. The van der Waals surface area contributed by atoms with Crippen LogP contribution in [0.15, 0.2) is 0 Å². The monoisotopic (exact) mass is 155 g/mol. The van der Waals surface area contributed by atoms with Crippen molar-refractivity contribution in [1.29, 1.82) is 0 Å². The molecule has 0 saturated carbocycles. The van der Waals surface area contributed by atoms with Crippen LogP contribution in [0.2, 0.25) is 0 Å². The van der Waals surface area contributed by atoms with Crippen LogP contribution < -0.4 is 10.6 Å². The molecule has 2 heterocycles. The van der Waals surface area contributed by atoms with E-state index in [1.54, 1.807) is 0 Å². The minimum atomic E-state index is 0.0729. The first-order valence-corrected chi connectivity index (χ1v) is 4.03. The van der Waals surface area contributed by atoms with Gasteiger partial charge in [0.2, 0.25) is 0 Å². The van der Waals surface area contributed by atoms with Crippen LogP contribution >= 0.6 is 0 Å². The maximum Gasteiger partial charge on any atom is 0.317 e. The number of nitrogens with one attached hydrogen (secondary N) is 2. The first-order valence-electron chi connectivity index (χ1n) is 4.03. The Balaban J connectivity index is 2.11. The van der Waals surface area contributed by atoms with Crippen molar-refractivity contribution in [3.63, 3.8) is 0 Å². The van der Waals surface area contributed by atoms with Gasteiger partial charge in [-0.25, -0.2) is 4.79 Å². The molecule has 2 rings (SSSR count). The van der Waals surface area contributed by atoms with E-state index in [4.69, 9.17) is 0 Å². The number of hydrogen-bond acceptors (Lipinski definition) is 2. The second-order valence-corrected chi connectivity index (χ2v) is 3.23. The topological polar surface area (TPSA) is 44.4 Å². The number of hydrogen-bond donors (Lipinski definition) is 2. The average Bonchev–Trinajstić information content (AvgIpc) is 2.30. The van der Waals surface area contributed by atoms with E-state index >= 15 is 0 Å². The molecule has 2 aliphatic heterocycles. The number of carbonyl (C=O) groups excluding carboxylic acids is 1. The molecule has 2 aliphatic rings. The normalized spacial score (nSPS) is 36.8. The molecule has 11 heavy (non-hydrogen) atoms.